The highest BCUT2D eigenvalue weighted by molar-refractivity contribution is 5.97. The van der Waals surface area contributed by atoms with Crippen LogP contribution in [0.4, 0.5) is 0 Å². The van der Waals surface area contributed by atoms with Crippen LogP contribution in [0.2, 0.25) is 0 Å². The van der Waals surface area contributed by atoms with Gasteiger partial charge in [-0.2, -0.15) is 10.2 Å². The highest BCUT2D eigenvalue weighted by atomic mass is 16.2. The summed E-state index contributed by atoms with van der Waals surface area (Å²) in [5.74, 6) is -0.336. The van der Waals surface area contributed by atoms with Crippen molar-refractivity contribution in [3.63, 3.8) is 0 Å². The second-order valence-electron chi connectivity index (χ2n) is 5.86. The van der Waals surface area contributed by atoms with Gasteiger partial charge in [-0.25, -0.2) is 5.43 Å². The van der Waals surface area contributed by atoms with Crippen molar-refractivity contribution in [1.29, 1.82) is 0 Å². The number of hydrazone groups is 1. The van der Waals surface area contributed by atoms with Crippen LogP contribution in [-0.4, -0.2) is 21.8 Å². The quantitative estimate of drug-likeness (QED) is 0.389. The lowest BCUT2D eigenvalue weighted by Gasteiger charge is -1.97. The van der Waals surface area contributed by atoms with Crippen molar-refractivity contribution < 1.29 is 4.79 Å². The molecule has 0 spiro atoms. The maximum atomic E-state index is 12.2. The smallest absolute Gasteiger partial charge is 0.272 e. The van der Waals surface area contributed by atoms with Crippen molar-refractivity contribution in [2.24, 2.45) is 5.10 Å². The van der Waals surface area contributed by atoms with Gasteiger partial charge in [0.25, 0.3) is 5.91 Å². The third-order valence-corrected chi connectivity index (χ3v) is 3.76. The summed E-state index contributed by atoms with van der Waals surface area (Å²) < 4.78 is 0. The molecule has 0 radical (unpaired) electrons. The van der Waals surface area contributed by atoms with Gasteiger partial charge in [-0.05, 0) is 24.6 Å². The van der Waals surface area contributed by atoms with E-state index in [1.165, 1.54) is 0 Å². The van der Waals surface area contributed by atoms with Crippen molar-refractivity contribution >= 4 is 17.7 Å². The largest absolute Gasteiger partial charge is 0.289 e. The molecule has 5 nitrogen and oxygen atoms in total. The Morgan fingerprint density at radius 1 is 1.04 bits per heavy atom. The summed E-state index contributed by atoms with van der Waals surface area (Å²) in [6.07, 6.45) is 7.62. The Morgan fingerprint density at radius 3 is 2.48 bits per heavy atom. The van der Waals surface area contributed by atoms with Gasteiger partial charge in [-0.3, -0.25) is 9.89 Å². The number of hydrogen-bond donors (Lipinski definition) is 2. The van der Waals surface area contributed by atoms with Crippen LogP contribution in [0.25, 0.3) is 17.3 Å². The van der Waals surface area contributed by atoms with Gasteiger partial charge >= 0.3 is 0 Å². The summed E-state index contributed by atoms with van der Waals surface area (Å²) in [6, 6.07) is 21.4. The molecule has 0 aliphatic rings. The monoisotopic (exact) mass is 356 g/mol. The van der Waals surface area contributed by atoms with E-state index in [0.717, 1.165) is 11.1 Å². The first-order chi connectivity index (χ1) is 13.2. The molecular weight excluding hydrogens is 336 g/mol. The van der Waals surface area contributed by atoms with E-state index in [-0.39, 0.29) is 5.91 Å². The van der Waals surface area contributed by atoms with Crippen molar-refractivity contribution in [2.45, 2.75) is 6.92 Å². The molecule has 1 aromatic heterocycles. The molecule has 134 valence electrons. The molecule has 3 rings (SSSR count). The SMILES string of the molecule is CC(/C=C/C=C/c1ccccc1)=N\NC(=O)c1cc(-c2ccccc2)n[nH]1. The Labute approximate surface area is 158 Å². The number of benzene rings is 2. The highest BCUT2D eigenvalue weighted by Crippen LogP contribution is 2.16. The van der Waals surface area contributed by atoms with Crippen LogP contribution in [0.1, 0.15) is 23.0 Å². The molecule has 1 amide bonds. The summed E-state index contributed by atoms with van der Waals surface area (Å²) >= 11 is 0. The topological polar surface area (TPSA) is 70.1 Å². The summed E-state index contributed by atoms with van der Waals surface area (Å²) in [4.78, 5) is 12.2. The van der Waals surface area contributed by atoms with Gasteiger partial charge in [0.15, 0.2) is 0 Å². The van der Waals surface area contributed by atoms with E-state index >= 15 is 0 Å². The third kappa shape index (κ3) is 5.37. The number of hydrogen-bond acceptors (Lipinski definition) is 3. The molecule has 27 heavy (non-hydrogen) atoms. The first-order valence-electron chi connectivity index (χ1n) is 8.57. The maximum absolute atomic E-state index is 12.2. The van der Waals surface area contributed by atoms with Gasteiger partial charge in [0, 0.05) is 5.56 Å². The minimum Gasteiger partial charge on any atom is -0.272 e. The van der Waals surface area contributed by atoms with E-state index in [2.05, 4.69) is 20.7 Å². The molecule has 0 aliphatic heterocycles. The molecule has 0 saturated carbocycles. The number of allylic oxidation sites excluding steroid dienone is 3. The first-order valence-corrected chi connectivity index (χ1v) is 8.57. The predicted octanol–water partition coefficient (Wildman–Crippen LogP) is 4.45. The van der Waals surface area contributed by atoms with Gasteiger partial charge in [-0.15, -0.1) is 0 Å². The number of nitrogens with one attached hydrogen (secondary N) is 2. The van der Waals surface area contributed by atoms with Crippen LogP contribution >= 0.6 is 0 Å². The average Bonchev–Trinajstić information content (AvgIpc) is 3.21. The minimum atomic E-state index is -0.336. The Balaban J connectivity index is 1.55. The van der Waals surface area contributed by atoms with E-state index < -0.39 is 0 Å². The van der Waals surface area contributed by atoms with E-state index in [9.17, 15) is 4.79 Å². The van der Waals surface area contributed by atoms with E-state index in [4.69, 9.17) is 0 Å². The normalized spacial score (nSPS) is 12.0. The molecule has 0 unspecified atom stereocenters. The Kier molecular flexibility index (Phi) is 6.09. The molecule has 1 heterocycles. The van der Waals surface area contributed by atoms with Crippen LogP contribution in [-0.2, 0) is 0 Å². The third-order valence-electron chi connectivity index (χ3n) is 3.76. The number of aromatic amines is 1. The van der Waals surface area contributed by atoms with Crippen LogP contribution in [0.3, 0.4) is 0 Å². The second kappa shape index (κ2) is 9.10. The summed E-state index contributed by atoms with van der Waals surface area (Å²) in [7, 11) is 0. The molecule has 0 bridgehead atoms. The zero-order valence-electron chi connectivity index (χ0n) is 15.0. The lowest BCUT2D eigenvalue weighted by atomic mass is 10.1. The van der Waals surface area contributed by atoms with E-state index in [0.29, 0.717) is 17.1 Å². The number of carbonyl (C=O) groups is 1. The molecule has 5 heteroatoms. The highest BCUT2D eigenvalue weighted by Gasteiger charge is 2.10. The molecule has 0 fully saturated rings. The van der Waals surface area contributed by atoms with Crippen molar-refractivity contribution in [3.8, 4) is 11.3 Å². The summed E-state index contributed by atoms with van der Waals surface area (Å²) in [5.41, 5.74) is 6.35. The number of nitrogens with zero attached hydrogens (tertiary/aromatic N) is 2. The van der Waals surface area contributed by atoms with Crippen LogP contribution in [0.15, 0.2) is 90.1 Å². The lowest BCUT2D eigenvalue weighted by Crippen LogP contribution is -2.19. The number of carbonyl (C=O) groups excluding carboxylic acids is 1. The zero-order valence-corrected chi connectivity index (χ0v) is 15.0. The Morgan fingerprint density at radius 2 is 1.74 bits per heavy atom. The molecule has 2 aromatic carbocycles. The van der Waals surface area contributed by atoms with Crippen LogP contribution in [0, 0.1) is 0 Å². The van der Waals surface area contributed by atoms with Crippen molar-refractivity contribution in [1.82, 2.24) is 15.6 Å². The van der Waals surface area contributed by atoms with Gasteiger partial charge in [0.2, 0.25) is 0 Å². The maximum Gasteiger partial charge on any atom is 0.289 e. The van der Waals surface area contributed by atoms with E-state index in [1.54, 1.807) is 6.07 Å². The number of H-pyrrole nitrogens is 1. The first kappa shape index (κ1) is 18.1. The van der Waals surface area contributed by atoms with Gasteiger partial charge < -0.3 is 0 Å². The molecule has 2 N–H and O–H groups in total. The number of rotatable bonds is 6. The van der Waals surface area contributed by atoms with E-state index in [1.807, 2.05) is 91.9 Å². The molecule has 0 saturated heterocycles. The molecule has 0 atom stereocenters. The fraction of sp³-hybridized carbons (Fsp3) is 0.0455. The molecule has 0 aliphatic carbocycles. The lowest BCUT2D eigenvalue weighted by molar-refractivity contribution is 0.0950. The van der Waals surface area contributed by atoms with Crippen molar-refractivity contribution in [2.75, 3.05) is 0 Å². The number of aromatic nitrogens is 2. The molecular formula is C22H20N4O. The van der Waals surface area contributed by atoms with Gasteiger partial charge in [-0.1, -0.05) is 78.9 Å². The fourth-order valence-electron chi connectivity index (χ4n) is 2.36. The second-order valence-corrected chi connectivity index (χ2v) is 5.86. The van der Waals surface area contributed by atoms with Crippen LogP contribution in [0.5, 0.6) is 0 Å². The zero-order chi connectivity index (χ0) is 18.9. The predicted molar refractivity (Wildman–Crippen MR) is 109 cm³/mol. The minimum absolute atomic E-state index is 0.336. The number of amides is 1. The van der Waals surface area contributed by atoms with Gasteiger partial charge in [0.1, 0.15) is 5.69 Å². The Hall–Kier alpha value is -3.73. The van der Waals surface area contributed by atoms with Crippen molar-refractivity contribution in [3.05, 3.63) is 96.2 Å². The Bertz CT molecular complexity index is 970. The fourth-order valence-corrected chi connectivity index (χ4v) is 2.36. The van der Waals surface area contributed by atoms with Gasteiger partial charge in [0.05, 0.1) is 11.4 Å². The summed E-state index contributed by atoms with van der Waals surface area (Å²) in [6.45, 7) is 1.81. The summed E-state index contributed by atoms with van der Waals surface area (Å²) in [5, 5.41) is 11.0. The average molecular weight is 356 g/mol. The molecule has 3 aromatic rings. The standard InChI is InChI=1S/C22H20N4O/c1-17(10-8-9-13-18-11-4-2-5-12-18)23-26-22(27)21-16-20(24-25-21)19-14-6-3-7-15-19/h2-16H,1H3,(H,24,25)(H,26,27)/b10-8+,13-9+,23-17+. The van der Waals surface area contributed by atoms with Crippen LogP contribution < -0.4 is 5.43 Å².